The van der Waals surface area contributed by atoms with Crippen LogP contribution in [-0.4, -0.2) is 25.7 Å². The lowest BCUT2D eigenvalue weighted by Gasteiger charge is -2.21. The minimum atomic E-state index is -0.0101. The first-order chi connectivity index (χ1) is 9.70. The van der Waals surface area contributed by atoms with E-state index in [0.29, 0.717) is 12.6 Å². The van der Waals surface area contributed by atoms with Crippen molar-refractivity contribution >= 4 is 11.6 Å². The molecule has 2 rings (SSSR count). The van der Waals surface area contributed by atoms with Gasteiger partial charge in [0.2, 0.25) is 5.91 Å². The molecule has 0 spiro atoms. The van der Waals surface area contributed by atoms with Gasteiger partial charge in [0, 0.05) is 18.3 Å². The van der Waals surface area contributed by atoms with Gasteiger partial charge in [0.1, 0.15) is 0 Å². The highest BCUT2D eigenvalue weighted by Gasteiger charge is 2.21. The molecule has 0 aliphatic carbocycles. The molecule has 0 aromatic heterocycles. The topological polar surface area (TPSA) is 50.4 Å². The van der Waals surface area contributed by atoms with Gasteiger partial charge >= 0.3 is 0 Å². The van der Waals surface area contributed by atoms with Crippen LogP contribution in [0.3, 0.4) is 0 Å². The second-order valence-electron chi connectivity index (χ2n) is 5.30. The molecule has 1 heterocycles. The molecule has 1 amide bonds. The molecule has 4 heteroatoms. The summed E-state index contributed by atoms with van der Waals surface area (Å²) in [6.07, 6.45) is 1.89. The Bertz CT molecular complexity index is 425. The highest BCUT2D eigenvalue weighted by atomic mass is 16.5. The minimum absolute atomic E-state index is 0.0101. The first-order valence-electron chi connectivity index (χ1n) is 7.42. The van der Waals surface area contributed by atoms with Crippen molar-refractivity contribution < 1.29 is 9.53 Å². The maximum atomic E-state index is 12.1. The maximum absolute atomic E-state index is 12.1. The molecule has 0 bridgehead atoms. The van der Waals surface area contributed by atoms with Gasteiger partial charge in [-0.2, -0.15) is 0 Å². The number of hydrogen-bond acceptors (Lipinski definition) is 3. The van der Waals surface area contributed by atoms with Crippen LogP contribution in [0.5, 0.6) is 0 Å². The van der Waals surface area contributed by atoms with Crippen molar-refractivity contribution in [2.24, 2.45) is 5.92 Å². The average molecular weight is 276 g/mol. The predicted octanol–water partition coefficient (Wildman–Crippen LogP) is 2.72. The molecular formula is C16H24N2O2. The van der Waals surface area contributed by atoms with Crippen LogP contribution in [0.25, 0.3) is 0 Å². The van der Waals surface area contributed by atoms with Crippen molar-refractivity contribution in [3.05, 3.63) is 29.8 Å². The van der Waals surface area contributed by atoms with Gasteiger partial charge in [0.15, 0.2) is 0 Å². The van der Waals surface area contributed by atoms with E-state index in [0.717, 1.165) is 31.7 Å². The van der Waals surface area contributed by atoms with E-state index in [1.165, 1.54) is 5.56 Å². The number of amides is 1. The molecule has 1 aromatic carbocycles. The molecule has 1 aliphatic heterocycles. The van der Waals surface area contributed by atoms with E-state index in [9.17, 15) is 4.79 Å². The molecule has 4 nitrogen and oxygen atoms in total. The van der Waals surface area contributed by atoms with Crippen LogP contribution >= 0.6 is 0 Å². The number of rotatable bonds is 5. The van der Waals surface area contributed by atoms with Crippen molar-refractivity contribution in [3.63, 3.8) is 0 Å². The third-order valence-electron chi connectivity index (χ3n) is 3.72. The van der Waals surface area contributed by atoms with Gasteiger partial charge in [0.05, 0.1) is 12.5 Å². The lowest BCUT2D eigenvalue weighted by Crippen LogP contribution is -2.30. The van der Waals surface area contributed by atoms with Gasteiger partial charge in [-0.3, -0.25) is 4.79 Å². The Labute approximate surface area is 120 Å². The Morgan fingerprint density at radius 2 is 2.15 bits per heavy atom. The summed E-state index contributed by atoms with van der Waals surface area (Å²) in [4.78, 5) is 12.1. The molecule has 0 radical (unpaired) electrons. The number of anilines is 1. The van der Waals surface area contributed by atoms with Gasteiger partial charge in [0.25, 0.3) is 0 Å². The average Bonchev–Trinajstić information content (AvgIpc) is 2.49. The van der Waals surface area contributed by atoms with Gasteiger partial charge in [-0.05, 0) is 44.0 Å². The van der Waals surface area contributed by atoms with E-state index >= 15 is 0 Å². The summed E-state index contributed by atoms with van der Waals surface area (Å²) in [6, 6.07) is 8.37. The summed E-state index contributed by atoms with van der Waals surface area (Å²) in [7, 11) is 0. The van der Waals surface area contributed by atoms with E-state index in [-0.39, 0.29) is 11.8 Å². The van der Waals surface area contributed by atoms with Gasteiger partial charge < -0.3 is 15.4 Å². The number of ether oxygens (including phenoxy) is 1. The van der Waals surface area contributed by atoms with E-state index in [4.69, 9.17) is 4.74 Å². The molecule has 1 saturated heterocycles. The minimum Gasteiger partial charge on any atom is -0.381 e. The Morgan fingerprint density at radius 1 is 1.40 bits per heavy atom. The summed E-state index contributed by atoms with van der Waals surface area (Å²) in [5.74, 6) is 0.0567. The Hall–Kier alpha value is -1.39. The van der Waals surface area contributed by atoms with Gasteiger partial charge in [-0.1, -0.05) is 19.1 Å². The highest BCUT2D eigenvalue weighted by molar-refractivity contribution is 5.92. The maximum Gasteiger partial charge on any atom is 0.229 e. The molecule has 0 saturated carbocycles. The van der Waals surface area contributed by atoms with E-state index in [2.05, 4.69) is 36.6 Å². The third kappa shape index (κ3) is 4.05. The number of nitrogens with one attached hydrogen (secondary N) is 2. The van der Waals surface area contributed by atoms with Gasteiger partial charge in [-0.15, -0.1) is 0 Å². The second kappa shape index (κ2) is 7.41. The summed E-state index contributed by atoms with van der Waals surface area (Å²) in [5, 5.41) is 6.34. The summed E-state index contributed by atoms with van der Waals surface area (Å²) < 4.78 is 5.35. The Balaban J connectivity index is 1.91. The standard InChI is InChI=1S/C16H24N2O2/c1-3-17-12(2)13-6-8-15(9-7-13)18-16(19)14-5-4-10-20-11-14/h6-9,12,14,17H,3-5,10-11H2,1-2H3,(H,18,19). The van der Waals surface area contributed by atoms with Crippen molar-refractivity contribution in [1.82, 2.24) is 5.32 Å². The number of carbonyl (C=O) groups is 1. The van der Waals surface area contributed by atoms with E-state index < -0.39 is 0 Å². The fourth-order valence-electron chi connectivity index (χ4n) is 2.47. The van der Waals surface area contributed by atoms with Crippen LogP contribution in [-0.2, 0) is 9.53 Å². The number of carbonyl (C=O) groups excluding carboxylic acids is 1. The van der Waals surface area contributed by atoms with Crippen LogP contribution in [0.4, 0.5) is 5.69 Å². The lowest BCUT2D eigenvalue weighted by molar-refractivity contribution is -0.123. The highest BCUT2D eigenvalue weighted by Crippen LogP contribution is 2.19. The lowest BCUT2D eigenvalue weighted by atomic mass is 10.0. The Kier molecular flexibility index (Phi) is 5.56. The SMILES string of the molecule is CCNC(C)c1ccc(NC(=O)C2CCCOC2)cc1. The quantitative estimate of drug-likeness (QED) is 0.869. The van der Waals surface area contributed by atoms with Crippen molar-refractivity contribution in [2.45, 2.75) is 32.7 Å². The van der Waals surface area contributed by atoms with Crippen LogP contribution < -0.4 is 10.6 Å². The van der Waals surface area contributed by atoms with Crippen LogP contribution in [0, 0.1) is 5.92 Å². The van der Waals surface area contributed by atoms with Crippen molar-refractivity contribution in [3.8, 4) is 0 Å². The normalized spacial score (nSPS) is 20.4. The molecule has 1 aromatic rings. The second-order valence-corrected chi connectivity index (χ2v) is 5.30. The van der Waals surface area contributed by atoms with E-state index in [1.807, 2.05) is 12.1 Å². The first-order valence-corrected chi connectivity index (χ1v) is 7.42. The molecule has 110 valence electrons. The molecule has 20 heavy (non-hydrogen) atoms. The van der Waals surface area contributed by atoms with Crippen LogP contribution in [0.15, 0.2) is 24.3 Å². The molecule has 2 N–H and O–H groups in total. The van der Waals surface area contributed by atoms with Crippen LogP contribution in [0.1, 0.15) is 38.3 Å². The zero-order valence-corrected chi connectivity index (χ0v) is 12.3. The summed E-state index contributed by atoms with van der Waals surface area (Å²) in [5.41, 5.74) is 2.08. The third-order valence-corrected chi connectivity index (χ3v) is 3.72. The monoisotopic (exact) mass is 276 g/mol. The number of benzene rings is 1. The number of hydrogen-bond donors (Lipinski definition) is 2. The van der Waals surface area contributed by atoms with Crippen molar-refractivity contribution in [2.75, 3.05) is 25.1 Å². The zero-order chi connectivity index (χ0) is 14.4. The van der Waals surface area contributed by atoms with E-state index in [1.54, 1.807) is 0 Å². The Morgan fingerprint density at radius 3 is 2.75 bits per heavy atom. The molecule has 1 aliphatic rings. The molecular weight excluding hydrogens is 252 g/mol. The summed E-state index contributed by atoms with van der Waals surface area (Å²) >= 11 is 0. The predicted molar refractivity (Wildman–Crippen MR) is 80.7 cm³/mol. The zero-order valence-electron chi connectivity index (χ0n) is 12.3. The molecule has 1 fully saturated rings. The fourth-order valence-corrected chi connectivity index (χ4v) is 2.47. The largest absolute Gasteiger partial charge is 0.381 e. The fraction of sp³-hybridized carbons (Fsp3) is 0.562. The summed E-state index contributed by atoms with van der Waals surface area (Å²) in [6.45, 7) is 6.50. The smallest absolute Gasteiger partial charge is 0.229 e. The van der Waals surface area contributed by atoms with Crippen molar-refractivity contribution in [1.29, 1.82) is 0 Å². The molecule has 2 atom stereocenters. The van der Waals surface area contributed by atoms with Crippen LogP contribution in [0.2, 0.25) is 0 Å². The molecule has 2 unspecified atom stereocenters. The first kappa shape index (κ1) is 15.0. The van der Waals surface area contributed by atoms with Gasteiger partial charge in [-0.25, -0.2) is 0 Å².